The van der Waals surface area contributed by atoms with Crippen LogP contribution in [0.1, 0.15) is 27.7 Å². The van der Waals surface area contributed by atoms with E-state index in [1.165, 1.54) is 11.8 Å². The lowest BCUT2D eigenvalue weighted by atomic mass is 10.1. The summed E-state index contributed by atoms with van der Waals surface area (Å²) in [6.07, 6.45) is 3.50. The highest BCUT2D eigenvalue weighted by Crippen LogP contribution is 2.18. The molecule has 5 nitrogen and oxygen atoms in total. The summed E-state index contributed by atoms with van der Waals surface area (Å²) in [6.45, 7) is 9.21. The molecule has 0 aliphatic rings. The van der Waals surface area contributed by atoms with Gasteiger partial charge in [-0.05, 0) is 27.0 Å². The Morgan fingerprint density at radius 2 is 2.06 bits per heavy atom. The van der Waals surface area contributed by atoms with Crippen molar-refractivity contribution >= 4 is 17.7 Å². The fraction of sp³-hybridized carbons (Fsp3) is 0.700. The molecule has 0 atom stereocenters. The molecule has 0 fully saturated rings. The lowest BCUT2D eigenvalue weighted by Crippen LogP contribution is -2.51. The number of rotatable bonds is 4. The van der Waals surface area contributed by atoms with Crippen molar-refractivity contribution in [3.05, 3.63) is 6.33 Å². The smallest absolute Gasteiger partial charge is 0.244 e. The molecule has 0 saturated heterocycles. The molecule has 0 spiro atoms. The van der Waals surface area contributed by atoms with E-state index in [0.29, 0.717) is 5.95 Å². The van der Waals surface area contributed by atoms with Crippen LogP contribution in [0.25, 0.3) is 0 Å². The molecule has 0 aromatic carbocycles. The van der Waals surface area contributed by atoms with E-state index in [2.05, 4.69) is 48.1 Å². The third-order valence-corrected chi connectivity index (χ3v) is 2.47. The monoisotopic (exact) mass is 241 g/mol. The Bertz CT molecular complexity index is 336. The van der Waals surface area contributed by atoms with Crippen molar-refractivity contribution in [2.24, 2.45) is 0 Å². The first-order valence-corrected chi connectivity index (χ1v) is 6.48. The second kappa shape index (κ2) is 5.45. The van der Waals surface area contributed by atoms with Gasteiger partial charge in [-0.2, -0.15) is 9.97 Å². The lowest BCUT2D eigenvalue weighted by molar-refractivity contribution is 0.433. The summed E-state index contributed by atoms with van der Waals surface area (Å²) in [5.74, 6) is 0.661. The molecule has 0 radical (unpaired) electrons. The van der Waals surface area contributed by atoms with E-state index in [1.54, 1.807) is 6.33 Å². The third-order valence-electron chi connectivity index (χ3n) is 1.91. The van der Waals surface area contributed by atoms with Crippen molar-refractivity contribution in [2.45, 2.75) is 38.4 Å². The van der Waals surface area contributed by atoms with Crippen LogP contribution in [0.5, 0.6) is 0 Å². The predicted octanol–water partition coefficient (Wildman–Crippen LogP) is 1.72. The summed E-state index contributed by atoms with van der Waals surface area (Å²) in [5, 5.41) is 2.70. The molecule has 16 heavy (non-hydrogen) atoms. The first-order chi connectivity index (χ1) is 7.49. The number of aromatic nitrogens is 3. The summed E-state index contributed by atoms with van der Waals surface area (Å²) < 4.78 is 0. The van der Waals surface area contributed by atoms with Gasteiger partial charge in [-0.25, -0.2) is 10.4 Å². The van der Waals surface area contributed by atoms with Crippen LogP contribution in [0.15, 0.2) is 11.5 Å². The summed E-state index contributed by atoms with van der Waals surface area (Å²) in [7, 11) is 0. The van der Waals surface area contributed by atoms with Gasteiger partial charge in [0, 0.05) is 6.54 Å². The minimum Gasteiger partial charge on any atom is -0.271 e. The number of nitrogens with zero attached hydrogens (tertiary/aromatic N) is 4. The van der Waals surface area contributed by atoms with Crippen LogP contribution in [0.3, 0.4) is 0 Å². The van der Waals surface area contributed by atoms with Gasteiger partial charge in [0.05, 0.1) is 5.54 Å². The molecule has 0 aliphatic carbocycles. The molecule has 0 amide bonds. The van der Waals surface area contributed by atoms with E-state index in [9.17, 15) is 0 Å². The zero-order valence-electron chi connectivity index (χ0n) is 10.5. The van der Waals surface area contributed by atoms with Gasteiger partial charge in [0.25, 0.3) is 0 Å². The van der Waals surface area contributed by atoms with Gasteiger partial charge in [-0.1, -0.05) is 18.7 Å². The standard InChI is InChI=1S/C10H19N5S/c1-6-13-15(10(2,3)4)8-11-7-12-9(14-8)16-5/h7,13H,6H2,1-5H3. The number of nitrogens with one attached hydrogen (secondary N) is 1. The van der Waals surface area contributed by atoms with Gasteiger partial charge in [-0.15, -0.1) is 0 Å². The average molecular weight is 241 g/mol. The predicted molar refractivity (Wildman–Crippen MR) is 67.5 cm³/mol. The molecular weight excluding hydrogens is 222 g/mol. The van der Waals surface area contributed by atoms with E-state index < -0.39 is 0 Å². The highest BCUT2D eigenvalue weighted by molar-refractivity contribution is 7.98. The molecule has 1 aromatic rings. The van der Waals surface area contributed by atoms with E-state index >= 15 is 0 Å². The SMILES string of the molecule is CCNN(c1ncnc(SC)n1)C(C)(C)C. The fourth-order valence-corrected chi connectivity index (χ4v) is 1.57. The van der Waals surface area contributed by atoms with Gasteiger partial charge in [0.15, 0.2) is 5.16 Å². The van der Waals surface area contributed by atoms with Crippen molar-refractivity contribution in [3.8, 4) is 0 Å². The molecule has 1 aromatic heterocycles. The summed E-state index contributed by atoms with van der Waals surface area (Å²) in [6, 6.07) is 0. The van der Waals surface area contributed by atoms with Crippen LogP contribution in [0.2, 0.25) is 0 Å². The van der Waals surface area contributed by atoms with Crippen LogP contribution in [0.4, 0.5) is 5.95 Å². The van der Waals surface area contributed by atoms with Crippen molar-refractivity contribution < 1.29 is 0 Å². The highest BCUT2D eigenvalue weighted by Gasteiger charge is 2.23. The molecule has 6 heteroatoms. The van der Waals surface area contributed by atoms with Gasteiger partial charge >= 0.3 is 0 Å². The Labute approximate surface area is 101 Å². The van der Waals surface area contributed by atoms with Gasteiger partial charge < -0.3 is 0 Å². The number of thioether (sulfide) groups is 1. The summed E-state index contributed by atoms with van der Waals surface area (Å²) in [5.41, 5.74) is 3.19. The van der Waals surface area contributed by atoms with Gasteiger partial charge in [-0.3, -0.25) is 5.01 Å². The number of hydrogen-bond acceptors (Lipinski definition) is 6. The topological polar surface area (TPSA) is 53.9 Å². The van der Waals surface area contributed by atoms with E-state index in [1.807, 2.05) is 11.3 Å². The van der Waals surface area contributed by atoms with Gasteiger partial charge in [0.1, 0.15) is 6.33 Å². The maximum Gasteiger partial charge on any atom is 0.244 e. The molecule has 1 N–H and O–H groups in total. The second-order valence-electron chi connectivity index (χ2n) is 4.29. The molecule has 0 unspecified atom stereocenters. The number of anilines is 1. The first kappa shape index (κ1) is 13.2. The highest BCUT2D eigenvalue weighted by atomic mass is 32.2. The fourth-order valence-electron chi connectivity index (χ4n) is 1.25. The van der Waals surface area contributed by atoms with Crippen LogP contribution < -0.4 is 10.4 Å². The molecule has 1 heterocycles. The molecular formula is C10H19N5S. The van der Waals surface area contributed by atoms with Crippen molar-refractivity contribution in [1.82, 2.24) is 20.4 Å². The van der Waals surface area contributed by atoms with Crippen LogP contribution in [0, 0.1) is 0 Å². The Morgan fingerprint density at radius 3 is 2.56 bits per heavy atom. The van der Waals surface area contributed by atoms with Crippen molar-refractivity contribution in [3.63, 3.8) is 0 Å². The van der Waals surface area contributed by atoms with E-state index in [0.717, 1.165) is 11.7 Å². The molecule has 0 saturated carbocycles. The summed E-state index contributed by atoms with van der Waals surface area (Å²) in [4.78, 5) is 12.7. The third kappa shape index (κ3) is 3.31. The number of hydrazine groups is 1. The second-order valence-corrected chi connectivity index (χ2v) is 5.06. The maximum atomic E-state index is 4.38. The molecule has 1 rings (SSSR count). The van der Waals surface area contributed by atoms with E-state index in [4.69, 9.17) is 0 Å². The zero-order chi connectivity index (χ0) is 12.2. The lowest BCUT2D eigenvalue weighted by Gasteiger charge is -2.35. The average Bonchev–Trinajstić information content (AvgIpc) is 2.24. The zero-order valence-corrected chi connectivity index (χ0v) is 11.3. The Morgan fingerprint density at radius 1 is 1.38 bits per heavy atom. The normalized spacial score (nSPS) is 11.6. The Balaban J connectivity index is 3.01. The Hall–Kier alpha value is -0.880. The quantitative estimate of drug-likeness (QED) is 0.640. The minimum absolute atomic E-state index is 0.0763. The summed E-state index contributed by atoms with van der Waals surface area (Å²) >= 11 is 1.51. The van der Waals surface area contributed by atoms with Crippen LogP contribution in [-0.4, -0.2) is 33.3 Å². The van der Waals surface area contributed by atoms with Crippen LogP contribution in [-0.2, 0) is 0 Å². The molecule has 90 valence electrons. The van der Waals surface area contributed by atoms with Gasteiger partial charge in [0.2, 0.25) is 5.95 Å². The largest absolute Gasteiger partial charge is 0.271 e. The number of hydrogen-bond donors (Lipinski definition) is 1. The van der Waals surface area contributed by atoms with Crippen LogP contribution >= 0.6 is 11.8 Å². The maximum absolute atomic E-state index is 4.38. The molecule has 0 bridgehead atoms. The Kier molecular flexibility index (Phi) is 4.49. The van der Waals surface area contributed by atoms with Crippen molar-refractivity contribution in [1.29, 1.82) is 0 Å². The van der Waals surface area contributed by atoms with Crippen molar-refractivity contribution in [2.75, 3.05) is 17.8 Å². The minimum atomic E-state index is -0.0763. The molecule has 0 aliphatic heterocycles. The van der Waals surface area contributed by atoms with E-state index in [-0.39, 0.29) is 5.54 Å². The first-order valence-electron chi connectivity index (χ1n) is 5.25.